The first kappa shape index (κ1) is 31.6. The van der Waals surface area contributed by atoms with E-state index in [9.17, 15) is 0 Å². The van der Waals surface area contributed by atoms with E-state index in [0.717, 1.165) is 50.1 Å². The predicted molar refractivity (Wildman–Crippen MR) is 235 cm³/mol. The molecule has 0 atom stereocenters. The van der Waals surface area contributed by atoms with Gasteiger partial charge in [0.1, 0.15) is 11.2 Å². The van der Waals surface area contributed by atoms with Crippen LogP contribution in [-0.2, 0) is 0 Å². The number of fused-ring (bicyclic) bond motifs is 7. The van der Waals surface area contributed by atoms with Crippen LogP contribution in [0.3, 0.4) is 0 Å². The van der Waals surface area contributed by atoms with Crippen molar-refractivity contribution in [1.29, 1.82) is 0 Å². The average molecular weight is 720 g/mol. The molecule has 0 aliphatic carbocycles. The Morgan fingerprint density at radius 1 is 0.364 bits per heavy atom. The molecule has 3 heteroatoms. The number of nitrogens with zero attached hydrogens (tertiary/aromatic N) is 1. The molecule has 0 bridgehead atoms. The molecule has 0 N–H and O–H groups in total. The minimum absolute atomic E-state index is 0.902. The third-order valence-corrected chi connectivity index (χ3v) is 12.0. The van der Waals surface area contributed by atoms with Gasteiger partial charge in [0.05, 0.1) is 5.69 Å². The lowest BCUT2D eigenvalue weighted by atomic mass is 9.95. The maximum absolute atomic E-state index is 6.27. The lowest BCUT2D eigenvalue weighted by Gasteiger charge is -2.29. The van der Waals surface area contributed by atoms with Crippen LogP contribution in [0.25, 0.3) is 86.3 Å². The number of thiophene rings is 1. The first-order valence-corrected chi connectivity index (χ1v) is 19.5. The van der Waals surface area contributed by atoms with E-state index in [1.165, 1.54) is 53.2 Å². The third-order valence-electron chi connectivity index (χ3n) is 10.9. The Morgan fingerprint density at radius 3 is 1.95 bits per heavy atom. The van der Waals surface area contributed by atoms with E-state index < -0.39 is 0 Å². The first-order valence-electron chi connectivity index (χ1n) is 18.7. The van der Waals surface area contributed by atoms with Gasteiger partial charge < -0.3 is 9.32 Å². The van der Waals surface area contributed by atoms with Crippen LogP contribution in [0, 0.1) is 0 Å². The van der Waals surface area contributed by atoms with Crippen molar-refractivity contribution in [1.82, 2.24) is 0 Å². The normalized spacial score (nSPS) is 11.6. The predicted octanol–water partition coefficient (Wildman–Crippen LogP) is 15.6. The van der Waals surface area contributed by atoms with Gasteiger partial charge in [0.25, 0.3) is 0 Å². The minimum Gasteiger partial charge on any atom is -0.456 e. The molecule has 11 rings (SSSR count). The zero-order valence-electron chi connectivity index (χ0n) is 29.8. The quantitative estimate of drug-likeness (QED) is 0.170. The molecule has 258 valence electrons. The molecule has 9 aromatic carbocycles. The summed E-state index contributed by atoms with van der Waals surface area (Å²) in [5.41, 5.74) is 12.2. The fraction of sp³-hybridized carbons (Fsp3) is 0. The number of para-hydroxylation sites is 2. The summed E-state index contributed by atoms with van der Waals surface area (Å²) in [6.45, 7) is 0. The monoisotopic (exact) mass is 719 g/mol. The summed E-state index contributed by atoms with van der Waals surface area (Å²) >= 11 is 1.86. The van der Waals surface area contributed by atoms with Gasteiger partial charge in [0, 0.05) is 47.9 Å². The maximum Gasteiger partial charge on any atom is 0.136 e. The number of hydrogen-bond acceptors (Lipinski definition) is 3. The Bertz CT molecular complexity index is 3220. The van der Waals surface area contributed by atoms with Crippen LogP contribution in [0.2, 0.25) is 0 Å². The fourth-order valence-corrected chi connectivity index (χ4v) is 9.45. The minimum atomic E-state index is 0.902. The number of benzene rings is 9. The molecule has 2 nitrogen and oxygen atoms in total. The highest BCUT2D eigenvalue weighted by Gasteiger charge is 2.21. The topological polar surface area (TPSA) is 16.4 Å². The molecule has 0 aliphatic heterocycles. The molecule has 0 fully saturated rings. The summed E-state index contributed by atoms with van der Waals surface area (Å²) in [6, 6.07) is 72.3. The zero-order valence-corrected chi connectivity index (χ0v) is 30.6. The Morgan fingerprint density at radius 2 is 1.02 bits per heavy atom. The Balaban J connectivity index is 1.09. The van der Waals surface area contributed by atoms with Crippen LogP contribution in [-0.4, -0.2) is 0 Å². The Hall–Kier alpha value is -6.94. The van der Waals surface area contributed by atoms with E-state index in [4.69, 9.17) is 4.42 Å². The molecule has 2 heterocycles. The van der Waals surface area contributed by atoms with Crippen molar-refractivity contribution in [3.8, 4) is 33.4 Å². The average Bonchev–Trinajstić information content (AvgIpc) is 3.82. The van der Waals surface area contributed by atoms with Crippen LogP contribution < -0.4 is 4.90 Å². The molecule has 0 unspecified atom stereocenters. The van der Waals surface area contributed by atoms with Gasteiger partial charge in [0.15, 0.2) is 0 Å². The highest BCUT2D eigenvalue weighted by molar-refractivity contribution is 7.25. The SMILES string of the molecule is c1cc(-c2cccc3ccccc23)cc(N(c2ccc(-c3ccc4c(c3)oc3ccccc34)cc2)c2ccccc2-c2cccc3sc4ccccc4c23)c1. The zero-order chi connectivity index (χ0) is 36.3. The number of anilines is 3. The summed E-state index contributed by atoms with van der Waals surface area (Å²) in [7, 11) is 0. The molecule has 0 saturated carbocycles. The second-order valence-corrected chi connectivity index (χ2v) is 15.1. The van der Waals surface area contributed by atoms with E-state index in [0.29, 0.717) is 0 Å². The third kappa shape index (κ3) is 5.32. The molecule has 0 radical (unpaired) electrons. The van der Waals surface area contributed by atoms with Crippen LogP contribution in [0.5, 0.6) is 0 Å². The lowest BCUT2D eigenvalue weighted by molar-refractivity contribution is 0.669. The van der Waals surface area contributed by atoms with Crippen LogP contribution in [0.15, 0.2) is 205 Å². The van der Waals surface area contributed by atoms with Gasteiger partial charge in [-0.3, -0.25) is 0 Å². The van der Waals surface area contributed by atoms with Crippen molar-refractivity contribution in [3.05, 3.63) is 200 Å². The van der Waals surface area contributed by atoms with Crippen LogP contribution in [0.1, 0.15) is 0 Å². The summed E-state index contributed by atoms with van der Waals surface area (Å²) in [4.78, 5) is 2.42. The van der Waals surface area contributed by atoms with E-state index >= 15 is 0 Å². The highest BCUT2D eigenvalue weighted by Crippen LogP contribution is 2.47. The number of hydrogen-bond donors (Lipinski definition) is 0. The van der Waals surface area contributed by atoms with Crippen molar-refractivity contribution < 1.29 is 4.42 Å². The molecule has 0 aliphatic rings. The van der Waals surface area contributed by atoms with Crippen molar-refractivity contribution in [2.45, 2.75) is 0 Å². The Kier molecular flexibility index (Phi) is 7.39. The van der Waals surface area contributed by atoms with Crippen molar-refractivity contribution in [3.63, 3.8) is 0 Å². The molecular formula is C52H33NOS. The van der Waals surface area contributed by atoms with Gasteiger partial charge in [0.2, 0.25) is 0 Å². The van der Waals surface area contributed by atoms with Gasteiger partial charge in [-0.2, -0.15) is 0 Å². The van der Waals surface area contributed by atoms with Crippen LogP contribution >= 0.6 is 11.3 Å². The summed E-state index contributed by atoms with van der Waals surface area (Å²) in [5.74, 6) is 0. The smallest absolute Gasteiger partial charge is 0.136 e. The van der Waals surface area contributed by atoms with Gasteiger partial charge in [-0.05, 0) is 99.3 Å². The lowest BCUT2D eigenvalue weighted by Crippen LogP contribution is -2.11. The first-order chi connectivity index (χ1) is 27.3. The summed E-state index contributed by atoms with van der Waals surface area (Å²) in [5, 5.41) is 7.36. The number of rotatable bonds is 6. The number of furan rings is 1. The molecule has 55 heavy (non-hydrogen) atoms. The van der Waals surface area contributed by atoms with Gasteiger partial charge in [-0.15, -0.1) is 11.3 Å². The Labute approximate surface area is 322 Å². The molecular weight excluding hydrogens is 687 g/mol. The molecule has 11 aromatic rings. The maximum atomic E-state index is 6.27. The van der Waals surface area contributed by atoms with E-state index in [1.54, 1.807) is 0 Å². The van der Waals surface area contributed by atoms with Crippen molar-refractivity contribution in [2.24, 2.45) is 0 Å². The van der Waals surface area contributed by atoms with Crippen molar-refractivity contribution in [2.75, 3.05) is 4.90 Å². The summed E-state index contributed by atoms with van der Waals surface area (Å²) in [6.07, 6.45) is 0. The highest BCUT2D eigenvalue weighted by atomic mass is 32.1. The van der Waals surface area contributed by atoms with E-state index in [-0.39, 0.29) is 0 Å². The fourth-order valence-electron chi connectivity index (χ4n) is 8.32. The molecule has 0 amide bonds. The van der Waals surface area contributed by atoms with Gasteiger partial charge in [-0.25, -0.2) is 0 Å². The van der Waals surface area contributed by atoms with Crippen LogP contribution in [0.4, 0.5) is 17.1 Å². The van der Waals surface area contributed by atoms with E-state index in [1.807, 2.05) is 23.5 Å². The molecule has 2 aromatic heterocycles. The largest absolute Gasteiger partial charge is 0.456 e. The standard InChI is InChI=1S/C52H33NOS/c1-2-16-40-35(12-1)13-10-20-41(40)37-14-9-15-39(32-37)53(38-29-26-34(27-30-38)36-28-31-44-43-18-4-7-23-48(43)54-49(44)33-36)47-22-6-3-17-42(47)45-21-11-25-51-52(45)46-19-5-8-24-50(46)55-51/h1-33H. The van der Waals surface area contributed by atoms with Gasteiger partial charge >= 0.3 is 0 Å². The van der Waals surface area contributed by atoms with E-state index in [2.05, 4.69) is 193 Å². The van der Waals surface area contributed by atoms with Crippen molar-refractivity contribution >= 4 is 81.3 Å². The molecule has 0 spiro atoms. The summed E-state index contributed by atoms with van der Waals surface area (Å²) < 4.78 is 8.87. The second kappa shape index (κ2) is 12.9. The second-order valence-electron chi connectivity index (χ2n) is 14.1. The van der Waals surface area contributed by atoms with Gasteiger partial charge in [-0.1, -0.05) is 140 Å². The molecule has 0 saturated heterocycles.